The summed E-state index contributed by atoms with van der Waals surface area (Å²) >= 11 is 0. The number of anilines is 2. The first kappa shape index (κ1) is 22.7. The molecule has 2 amide bonds. The van der Waals surface area contributed by atoms with Gasteiger partial charge in [-0.15, -0.1) is 0 Å². The van der Waals surface area contributed by atoms with Crippen molar-refractivity contribution in [2.75, 3.05) is 49.1 Å². The van der Waals surface area contributed by atoms with Crippen molar-refractivity contribution >= 4 is 23.6 Å². The molecule has 168 valence electrons. The number of hydrogen-bond donors (Lipinski definition) is 1. The second kappa shape index (κ2) is 10.3. The first-order chi connectivity index (χ1) is 14.9. The van der Waals surface area contributed by atoms with Gasteiger partial charge in [0.05, 0.1) is 31.1 Å². The molecule has 2 heterocycles. The van der Waals surface area contributed by atoms with Gasteiger partial charge in [0.1, 0.15) is 11.9 Å². The van der Waals surface area contributed by atoms with Gasteiger partial charge in [-0.2, -0.15) is 0 Å². The number of nitrogens with zero attached hydrogens (tertiary/aromatic N) is 3. The van der Waals surface area contributed by atoms with E-state index in [1.807, 2.05) is 18.7 Å². The quantitative estimate of drug-likeness (QED) is 0.666. The highest BCUT2D eigenvalue weighted by Crippen LogP contribution is 2.30. The summed E-state index contributed by atoms with van der Waals surface area (Å²) < 4.78 is 25.1. The Balaban J connectivity index is 1.54. The van der Waals surface area contributed by atoms with Crippen LogP contribution in [0.2, 0.25) is 0 Å². The number of nitrogens with one attached hydrogen (secondary N) is 1. The van der Waals surface area contributed by atoms with Gasteiger partial charge in [-0.1, -0.05) is 13.8 Å². The lowest BCUT2D eigenvalue weighted by molar-refractivity contribution is 0.118. The number of hydrogen-bond acceptors (Lipinski definition) is 5. The molecule has 0 bridgehead atoms. The van der Waals surface area contributed by atoms with Crippen LogP contribution in [0, 0.1) is 24.2 Å². The number of carbonyl (C=O) groups excluding carboxylic acids is 2. The maximum atomic E-state index is 14.8. The monoisotopic (exact) mass is 432 g/mol. The lowest BCUT2D eigenvalue weighted by atomic mass is 9.96. The molecular formula is C22H29FN4O4. The summed E-state index contributed by atoms with van der Waals surface area (Å²) in [4.78, 5) is 30.7. The third-order valence-corrected chi connectivity index (χ3v) is 5.44. The zero-order valence-electron chi connectivity index (χ0n) is 18.0. The van der Waals surface area contributed by atoms with Crippen LogP contribution in [0.4, 0.5) is 25.4 Å². The molecule has 0 unspecified atom stereocenters. The maximum Gasteiger partial charge on any atom is 0.414 e. The smallest absolute Gasteiger partial charge is 0.414 e. The Morgan fingerprint density at radius 2 is 2.13 bits per heavy atom. The van der Waals surface area contributed by atoms with E-state index in [0.29, 0.717) is 43.5 Å². The molecule has 31 heavy (non-hydrogen) atoms. The minimum Gasteiger partial charge on any atom is -0.449 e. The second-order valence-electron chi connectivity index (χ2n) is 8.40. The van der Waals surface area contributed by atoms with E-state index < -0.39 is 24.1 Å². The average molecular weight is 432 g/mol. The Kier molecular flexibility index (Phi) is 7.55. The molecule has 2 aliphatic heterocycles. The van der Waals surface area contributed by atoms with E-state index in [-0.39, 0.29) is 19.0 Å². The van der Waals surface area contributed by atoms with Gasteiger partial charge in [-0.25, -0.2) is 20.6 Å². The van der Waals surface area contributed by atoms with Gasteiger partial charge >= 0.3 is 12.2 Å². The first-order valence-corrected chi connectivity index (χ1v) is 10.6. The van der Waals surface area contributed by atoms with E-state index in [0.717, 1.165) is 12.8 Å². The fourth-order valence-corrected chi connectivity index (χ4v) is 3.73. The highest BCUT2D eigenvalue weighted by atomic mass is 19.1. The molecule has 1 aromatic carbocycles. The molecule has 3 rings (SSSR count). The Bertz CT molecular complexity index is 833. The van der Waals surface area contributed by atoms with Gasteiger partial charge < -0.3 is 24.5 Å². The van der Waals surface area contributed by atoms with Gasteiger partial charge in [-0.3, -0.25) is 4.90 Å². The highest BCUT2D eigenvalue weighted by molar-refractivity contribution is 5.90. The van der Waals surface area contributed by atoms with Crippen LogP contribution in [0.15, 0.2) is 18.2 Å². The van der Waals surface area contributed by atoms with Crippen LogP contribution in [0.5, 0.6) is 0 Å². The molecule has 0 aromatic heterocycles. The first-order valence-electron chi connectivity index (χ1n) is 10.6. The summed E-state index contributed by atoms with van der Waals surface area (Å²) in [6.45, 7) is 13.5. The SMILES string of the molecule is [C-]#[N+]CC1CCN(c2ccc(N3C[C@H](CNC(=O)OCC(C)C)OC3=O)cc2F)CC1. The van der Waals surface area contributed by atoms with E-state index in [9.17, 15) is 14.0 Å². The molecule has 0 saturated carbocycles. The number of carbonyl (C=O) groups is 2. The minimum absolute atomic E-state index is 0.124. The predicted molar refractivity (Wildman–Crippen MR) is 115 cm³/mol. The Hall–Kier alpha value is -3.02. The highest BCUT2D eigenvalue weighted by Gasteiger charge is 2.33. The van der Waals surface area contributed by atoms with Crippen molar-refractivity contribution in [1.29, 1.82) is 0 Å². The number of amides is 2. The fourth-order valence-electron chi connectivity index (χ4n) is 3.73. The number of halogens is 1. The molecule has 1 aromatic rings. The normalized spacial score (nSPS) is 19.3. The number of benzene rings is 1. The van der Waals surface area contributed by atoms with E-state index in [1.165, 1.54) is 11.0 Å². The van der Waals surface area contributed by atoms with E-state index in [1.54, 1.807) is 12.1 Å². The van der Waals surface area contributed by atoms with Crippen LogP contribution in [0.1, 0.15) is 26.7 Å². The summed E-state index contributed by atoms with van der Waals surface area (Å²) in [7, 11) is 0. The molecule has 2 fully saturated rings. The molecule has 9 heteroatoms. The van der Waals surface area contributed by atoms with E-state index in [2.05, 4.69) is 10.2 Å². The van der Waals surface area contributed by atoms with Gasteiger partial charge in [0.2, 0.25) is 6.54 Å². The molecule has 2 saturated heterocycles. The minimum atomic E-state index is -0.575. The zero-order valence-corrected chi connectivity index (χ0v) is 18.0. The van der Waals surface area contributed by atoms with Crippen LogP contribution in [-0.2, 0) is 9.47 Å². The van der Waals surface area contributed by atoms with Crippen molar-refractivity contribution in [2.45, 2.75) is 32.8 Å². The van der Waals surface area contributed by atoms with Gasteiger partial charge in [-0.05, 0) is 37.0 Å². The summed E-state index contributed by atoms with van der Waals surface area (Å²) in [5.41, 5.74) is 0.919. The van der Waals surface area contributed by atoms with Crippen molar-refractivity contribution in [3.05, 3.63) is 35.4 Å². The molecule has 1 atom stereocenters. The zero-order chi connectivity index (χ0) is 22.4. The average Bonchev–Trinajstić information content (AvgIpc) is 3.12. The lowest BCUT2D eigenvalue weighted by Crippen LogP contribution is -2.35. The van der Waals surface area contributed by atoms with E-state index >= 15 is 0 Å². The Morgan fingerprint density at radius 1 is 1.39 bits per heavy atom. The summed E-state index contributed by atoms with van der Waals surface area (Å²) in [5, 5.41) is 2.58. The second-order valence-corrected chi connectivity index (χ2v) is 8.40. The molecule has 0 radical (unpaired) electrons. The standard InChI is InChI=1S/C22H29FN4O4/c1-15(2)14-30-21(28)25-12-18-13-27(22(29)31-18)17-4-5-20(19(23)10-17)26-8-6-16(7-9-26)11-24-3/h4-5,10,15-16,18H,6-9,11-14H2,1-2H3,(H,25,28)/t18-/m0/s1. The van der Waals surface area contributed by atoms with E-state index in [4.69, 9.17) is 16.0 Å². The van der Waals surface area contributed by atoms with Crippen molar-refractivity contribution in [3.8, 4) is 0 Å². The third kappa shape index (κ3) is 6.00. The van der Waals surface area contributed by atoms with Gasteiger partial charge in [0.15, 0.2) is 0 Å². The predicted octanol–water partition coefficient (Wildman–Crippen LogP) is 3.67. The Labute approximate surface area is 182 Å². The molecule has 0 aliphatic carbocycles. The van der Waals surface area contributed by atoms with Crippen LogP contribution >= 0.6 is 0 Å². The van der Waals surface area contributed by atoms with Crippen molar-refractivity contribution in [1.82, 2.24) is 5.32 Å². The summed E-state index contributed by atoms with van der Waals surface area (Å²) in [5.74, 6) is 0.213. The molecular weight excluding hydrogens is 403 g/mol. The maximum absolute atomic E-state index is 14.8. The number of rotatable bonds is 7. The Morgan fingerprint density at radius 3 is 2.77 bits per heavy atom. The number of piperidine rings is 1. The van der Waals surface area contributed by atoms with Crippen molar-refractivity contribution in [3.63, 3.8) is 0 Å². The van der Waals surface area contributed by atoms with Gasteiger partial charge in [0, 0.05) is 19.0 Å². The number of alkyl carbamates (subject to hydrolysis) is 1. The molecule has 1 N–H and O–H groups in total. The molecule has 2 aliphatic rings. The largest absolute Gasteiger partial charge is 0.449 e. The van der Waals surface area contributed by atoms with Gasteiger partial charge in [0.25, 0.3) is 0 Å². The number of cyclic esters (lactones) is 1. The van der Waals surface area contributed by atoms with Crippen molar-refractivity contribution < 1.29 is 23.5 Å². The topological polar surface area (TPSA) is 75.5 Å². The van der Waals surface area contributed by atoms with Crippen LogP contribution in [0.25, 0.3) is 4.85 Å². The van der Waals surface area contributed by atoms with Crippen molar-refractivity contribution in [2.24, 2.45) is 11.8 Å². The summed E-state index contributed by atoms with van der Waals surface area (Å²) in [6.07, 6.45) is 0.0728. The fraction of sp³-hybridized carbons (Fsp3) is 0.591. The lowest BCUT2D eigenvalue weighted by Gasteiger charge is -2.32. The van der Waals surface area contributed by atoms with Crippen LogP contribution in [-0.4, -0.2) is 57.6 Å². The molecule has 0 spiro atoms. The molecule has 8 nitrogen and oxygen atoms in total. The number of ether oxygens (including phenoxy) is 2. The van der Waals surface area contributed by atoms with Crippen LogP contribution < -0.4 is 15.1 Å². The summed E-state index contributed by atoms with van der Waals surface area (Å²) in [6, 6.07) is 4.73. The van der Waals surface area contributed by atoms with Crippen LogP contribution in [0.3, 0.4) is 0 Å². The third-order valence-electron chi connectivity index (χ3n) is 5.44.